The molecule has 3 aromatic carbocycles. The maximum Gasteiger partial charge on any atom is 0.270 e. The smallest absolute Gasteiger partial charge is 0.270 e. The largest absolute Gasteiger partial charge is 0.493 e. The highest BCUT2D eigenvalue weighted by molar-refractivity contribution is 8.27. The molecule has 0 atom stereocenters. The fourth-order valence-electron chi connectivity index (χ4n) is 3.52. The maximum absolute atomic E-state index is 13.2. The Morgan fingerprint density at radius 1 is 0.882 bits per heavy atom. The van der Waals surface area contributed by atoms with Gasteiger partial charge in [0.05, 0.1) is 30.9 Å². The van der Waals surface area contributed by atoms with E-state index in [0.29, 0.717) is 46.1 Å². The molecule has 3 aromatic rings. The molecule has 1 fully saturated rings. The molecule has 1 heterocycles. The first-order chi connectivity index (χ1) is 16.6. The summed E-state index contributed by atoms with van der Waals surface area (Å²) in [5, 5.41) is 0. The van der Waals surface area contributed by atoms with Crippen LogP contribution in [0.1, 0.15) is 17.5 Å². The van der Waals surface area contributed by atoms with Crippen LogP contribution in [0.4, 0.5) is 5.69 Å². The van der Waals surface area contributed by atoms with Crippen LogP contribution in [0.5, 0.6) is 17.2 Å². The van der Waals surface area contributed by atoms with E-state index in [0.717, 1.165) is 16.8 Å². The molecule has 0 aromatic heterocycles. The molecule has 0 bridgehead atoms. The van der Waals surface area contributed by atoms with Gasteiger partial charge in [0.1, 0.15) is 5.75 Å². The number of benzene rings is 3. The number of hydrogen-bond donors (Lipinski definition) is 0. The third kappa shape index (κ3) is 5.43. The van der Waals surface area contributed by atoms with Gasteiger partial charge in [0.25, 0.3) is 5.91 Å². The Morgan fingerprint density at radius 3 is 2.24 bits per heavy atom. The Labute approximate surface area is 209 Å². The van der Waals surface area contributed by atoms with Crippen molar-refractivity contribution in [2.24, 2.45) is 0 Å². The zero-order valence-corrected chi connectivity index (χ0v) is 20.7. The molecule has 7 heteroatoms. The molecule has 0 unspecified atom stereocenters. The van der Waals surface area contributed by atoms with E-state index < -0.39 is 0 Å². The van der Waals surface area contributed by atoms with Gasteiger partial charge < -0.3 is 14.2 Å². The van der Waals surface area contributed by atoms with Crippen LogP contribution in [-0.4, -0.2) is 30.6 Å². The van der Waals surface area contributed by atoms with E-state index >= 15 is 0 Å². The van der Waals surface area contributed by atoms with Gasteiger partial charge in [-0.1, -0.05) is 72.5 Å². The van der Waals surface area contributed by atoms with Crippen LogP contribution < -0.4 is 19.1 Å². The average molecular weight is 492 g/mol. The number of methoxy groups -OCH3 is 1. The number of thiocarbonyl (C=S) groups is 1. The van der Waals surface area contributed by atoms with Gasteiger partial charge in [0.2, 0.25) is 0 Å². The van der Waals surface area contributed by atoms with Crippen LogP contribution in [0.15, 0.2) is 77.7 Å². The molecule has 4 rings (SSSR count). The third-order valence-corrected chi connectivity index (χ3v) is 6.53. The van der Waals surface area contributed by atoms with Crippen LogP contribution in [-0.2, 0) is 4.79 Å². The minimum atomic E-state index is -0.121. The Morgan fingerprint density at radius 2 is 1.50 bits per heavy atom. The molecule has 1 aliphatic heterocycles. The van der Waals surface area contributed by atoms with E-state index in [1.807, 2.05) is 85.8 Å². The Balaban J connectivity index is 1.40. The highest BCUT2D eigenvalue weighted by Gasteiger charge is 2.34. The second-order valence-corrected chi connectivity index (χ2v) is 9.22. The molecule has 0 aliphatic carbocycles. The molecule has 0 saturated carbocycles. The van der Waals surface area contributed by atoms with E-state index in [1.54, 1.807) is 12.0 Å². The van der Waals surface area contributed by atoms with Crippen LogP contribution in [0.25, 0.3) is 6.08 Å². The van der Waals surface area contributed by atoms with Crippen molar-refractivity contribution in [3.63, 3.8) is 0 Å². The summed E-state index contributed by atoms with van der Waals surface area (Å²) in [5.41, 5.74) is 2.64. The van der Waals surface area contributed by atoms with Crippen molar-refractivity contribution >= 4 is 46.0 Å². The third-order valence-electron chi connectivity index (χ3n) is 5.23. The van der Waals surface area contributed by atoms with Crippen LogP contribution in [0.2, 0.25) is 0 Å². The van der Waals surface area contributed by atoms with Gasteiger partial charge in [-0.15, -0.1) is 0 Å². The highest BCUT2D eigenvalue weighted by Crippen LogP contribution is 2.38. The first kappa shape index (κ1) is 23.9. The lowest BCUT2D eigenvalue weighted by atomic mass is 10.1. The van der Waals surface area contributed by atoms with Crippen molar-refractivity contribution in [2.45, 2.75) is 13.3 Å². The summed E-state index contributed by atoms with van der Waals surface area (Å²) in [7, 11) is 1.62. The van der Waals surface area contributed by atoms with Crippen molar-refractivity contribution in [2.75, 3.05) is 25.2 Å². The van der Waals surface area contributed by atoms with Gasteiger partial charge in [-0.05, 0) is 42.8 Å². The minimum Gasteiger partial charge on any atom is -0.493 e. The van der Waals surface area contributed by atoms with E-state index in [-0.39, 0.29) is 5.91 Å². The predicted molar refractivity (Wildman–Crippen MR) is 142 cm³/mol. The lowest BCUT2D eigenvalue weighted by Crippen LogP contribution is -2.28. The first-order valence-corrected chi connectivity index (χ1v) is 12.1. The Hall–Kier alpha value is -3.29. The van der Waals surface area contributed by atoms with Crippen LogP contribution in [0.3, 0.4) is 0 Å². The molecule has 0 radical (unpaired) electrons. The van der Waals surface area contributed by atoms with Gasteiger partial charge in [-0.25, -0.2) is 0 Å². The number of hydrogen-bond acceptors (Lipinski definition) is 6. The number of nitrogens with zero attached hydrogens (tertiary/aromatic N) is 1. The van der Waals surface area contributed by atoms with Crippen molar-refractivity contribution in [1.82, 2.24) is 0 Å². The van der Waals surface area contributed by atoms with Gasteiger partial charge in [0.15, 0.2) is 15.8 Å². The molecule has 0 N–H and O–H groups in total. The summed E-state index contributed by atoms with van der Waals surface area (Å²) in [5.74, 6) is 2.00. The van der Waals surface area contributed by atoms with Crippen molar-refractivity contribution in [3.05, 3.63) is 88.8 Å². The quantitative estimate of drug-likeness (QED) is 0.200. The lowest BCUT2D eigenvalue weighted by Gasteiger charge is -2.16. The first-order valence-electron chi connectivity index (χ1n) is 10.9. The number of carbonyl (C=O) groups excluding carboxylic acids is 1. The molecule has 5 nitrogen and oxygen atoms in total. The topological polar surface area (TPSA) is 48.0 Å². The SMILES string of the molecule is COc1ccccc1OCCCOc1ccccc1C=C1SC(=S)N(c2ccccc2C)C1=O. The van der Waals surface area contributed by atoms with Crippen molar-refractivity contribution in [3.8, 4) is 17.2 Å². The van der Waals surface area contributed by atoms with E-state index in [1.165, 1.54) is 11.8 Å². The summed E-state index contributed by atoms with van der Waals surface area (Å²) in [6.45, 7) is 2.94. The zero-order valence-electron chi connectivity index (χ0n) is 19.0. The number of carbonyl (C=O) groups is 1. The summed E-state index contributed by atoms with van der Waals surface area (Å²) in [6, 6.07) is 23.0. The second-order valence-electron chi connectivity index (χ2n) is 7.54. The molecular formula is C27H25NO4S2. The number of amides is 1. The minimum absolute atomic E-state index is 0.121. The van der Waals surface area contributed by atoms with Gasteiger partial charge in [-0.2, -0.15) is 0 Å². The lowest BCUT2D eigenvalue weighted by molar-refractivity contribution is -0.113. The van der Waals surface area contributed by atoms with Crippen LogP contribution >= 0.6 is 24.0 Å². The van der Waals surface area contributed by atoms with Gasteiger partial charge >= 0.3 is 0 Å². The maximum atomic E-state index is 13.2. The van der Waals surface area contributed by atoms with E-state index in [4.69, 9.17) is 26.4 Å². The summed E-state index contributed by atoms with van der Waals surface area (Å²) < 4.78 is 17.6. The number of aryl methyl sites for hydroxylation is 1. The highest BCUT2D eigenvalue weighted by atomic mass is 32.2. The monoisotopic (exact) mass is 491 g/mol. The molecular weight excluding hydrogens is 466 g/mol. The Kier molecular flexibility index (Phi) is 7.87. The normalized spacial score (nSPS) is 14.5. The fourth-order valence-corrected chi connectivity index (χ4v) is 4.80. The number of thioether (sulfide) groups is 1. The van der Waals surface area contributed by atoms with E-state index in [2.05, 4.69) is 0 Å². The number of para-hydroxylation sites is 4. The number of rotatable bonds is 9. The van der Waals surface area contributed by atoms with Crippen molar-refractivity contribution in [1.29, 1.82) is 0 Å². The number of anilines is 1. The summed E-state index contributed by atoms with van der Waals surface area (Å²) in [6.07, 6.45) is 2.54. The second kappa shape index (κ2) is 11.2. The van der Waals surface area contributed by atoms with Crippen molar-refractivity contribution < 1.29 is 19.0 Å². The molecule has 0 spiro atoms. The zero-order chi connectivity index (χ0) is 23.9. The number of ether oxygens (including phenoxy) is 3. The summed E-state index contributed by atoms with van der Waals surface area (Å²) >= 11 is 6.82. The molecule has 1 aliphatic rings. The van der Waals surface area contributed by atoms with Crippen LogP contribution in [0, 0.1) is 6.92 Å². The Bertz CT molecular complexity index is 1220. The average Bonchev–Trinajstić information content (AvgIpc) is 3.13. The van der Waals surface area contributed by atoms with E-state index in [9.17, 15) is 4.79 Å². The fraction of sp³-hybridized carbons (Fsp3) is 0.185. The molecule has 1 amide bonds. The standard InChI is InChI=1S/C27H25NO4S2/c1-19-10-3-5-12-21(19)28-26(29)25(34-27(28)33)18-20-11-4-6-13-22(20)31-16-9-17-32-24-15-8-7-14-23(24)30-2/h3-8,10-15,18H,9,16-17H2,1-2H3. The molecule has 1 saturated heterocycles. The van der Waals surface area contributed by atoms with Gasteiger partial charge in [0, 0.05) is 12.0 Å². The predicted octanol–water partition coefficient (Wildman–Crippen LogP) is 6.26. The molecule has 174 valence electrons. The molecule has 34 heavy (non-hydrogen) atoms. The summed E-state index contributed by atoms with van der Waals surface area (Å²) in [4.78, 5) is 15.3. The van der Waals surface area contributed by atoms with Gasteiger partial charge in [-0.3, -0.25) is 9.69 Å².